The number of hydrogen-bond donors (Lipinski definition) is 2. The number of hydrogen-bond acceptors (Lipinski definition) is 4. The smallest absolute Gasteiger partial charge is 0.326 e. The molecular weight excluding hydrogens is 266 g/mol. The fourth-order valence-electron chi connectivity index (χ4n) is 1.56. The molecule has 0 bridgehead atoms. The first-order valence-corrected chi connectivity index (χ1v) is 7.01. The molecule has 2 N–H and O–H groups in total. The molecule has 0 aromatic carbocycles. The first-order chi connectivity index (χ1) is 8.95. The van der Waals surface area contributed by atoms with E-state index in [0.717, 1.165) is 5.69 Å². The van der Waals surface area contributed by atoms with Gasteiger partial charge in [-0.15, -0.1) is 11.3 Å². The number of carboxylic acids is 1. The molecule has 1 aromatic rings. The highest BCUT2D eigenvalue weighted by atomic mass is 32.1. The van der Waals surface area contributed by atoms with E-state index in [4.69, 9.17) is 5.11 Å². The first kappa shape index (κ1) is 15.4. The standard InChI is InChI=1S/C12H19N3O3S/c1-4-8(2)10(11(16)17)14-12(18)15(3)5-9-6-19-7-13-9/h6-8,10H,4-5H2,1-3H3,(H,14,18)(H,16,17)/t8-,10-/m0/s1. The van der Waals surface area contributed by atoms with E-state index in [2.05, 4.69) is 10.3 Å². The van der Waals surface area contributed by atoms with Gasteiger partial charge in [0.2, 0.25) is 0 Å². The van der Waals surface area contributed by atoms with Crippen molar-refractivity contribution >= 4 is 23.3 Å². The van der Waals surface area contributed by atoms with E-state index in [1.54, 1.807) is 19.5 Å². The normalized spacial score (nSPS) is 13.6. The number of aliphatic carboxylic acids is 1. The summed E-state index contributed by atoms with van der Waals surface area (Å²) in [6.45, 7) is 4.06. The Balaban J connectivity index is 2.58. The number of carbonyl (C=O) groups is 2. The van der Waals surface area contributed by atoms with Crippen LogP contribution in [0.15, 0.2) is 10.9 Å². The molecule has 0 spiro atoms. The van der Waals surface area contributed by atoms with E-state index in [1.165, 1.54) is 16.2 Å². The van der Waals surface area contributed by atoms with Gasteiger partial charge < -0.3 is 15.3 Å². The summed E-state index contributed by atoms with van der Waals surface area (Å²) >= 11 is 1.46. The lowest BCUT2D eigenvalue weighted by Gasteiger charge is -2.24. The van der Waals surface area contributed by atoms with Gasteiger partial charge >= 0.3 is 12.0 Å². The molecular formula is C12H19N3O3S. The van der Waals surface area contributed by atoms with Gasteiger partial charge in [0.1, 0.15) is 6.04 Å². The molecule has 0 saturated carbocycles. The molecule has 0 radical (unpaired) electrons. The van der Waals surface area contributed by atoms with Crippen LogP contribution in [0.1, 0.15) is 26.0 Å². The number of urea groups is 1. The fraction of sp³-hybridized carbons (Fsp3) is 0.583. The maximum absolute atomic E-state index is 11.9. The Kier molecular flexibility index (Phi) is 5.75. The molecule has 0 aliphatic carbocycles. The van der Waals surface area contributed by atoms with Crippen molar-refractivity contribution in [2.75, 3.05) is 7.05 Å². The number of carbonyl (C=O) groups excluding carboxylic acids is 1. The molecule has 0 fully saturated rings. The monoisotopic (exact) mass is 285 g/mol. The highest BCUT2D eigenvalue weighted by Gasteiger charge is 2.26. The van der Waals surface area contributed by atoms with E-state index in [0.29, 0.717) is 13.0 Å². The number of rotatable bonds is 6. The summed E-state index contributed by atoms with van der Waals surface area (Å²) in [5, 5.41) is 13.5. The van der Waals surface area contributed by atoms with Crippen molar-refractivity contribution < 1.29 is 14.7 Å². The van der Waals surface area contributed by atoms with Crippen LogP contribution in [-0.2, 0) is 11.3 Å². The number of amides is 2. The van der Waals surface area contributed by atoms with Crippen LogP contribution in [0.4, 0.5) is 4.79 Å². The van der Waals surface area contributed by atoms with E-state index in [-0.39, 0.29) is 5.92 Å². The zero-order valence-electron chi connectivity index (χ0n) is 11.3. The lowest BCUT2D eigenvalue weighted by molar-refractivity contribution is -0.140. The van der Waals surface area contributed by atoms with Crippen LogP contribution in [0.25, 0.3) is 0 Å². The van der Waals surface area contributed by atoms with Crippen LogP contribution in [0.3, 0.4) is 0 Å². The molecule has 0 aliphatic rings. The Labute approximate surface area is 116 Å². The van der Waals surface area contributed by atoms with Gasteiger partial charge in [-0.1, -0.05) is 20.3 Å². The molecule has 1 aromatic heterocycles. The minimum Gasteiger partial charge on any atom is -0.480 e. The van der Waals surface area contributed by atoms with Gasteiger partial charge in [-0.05, 0) is 5.92 Å². The maximum Gasteiger partial charge on any atom is 0.326 e. The van der Waals surface area contributed by atoms with Crippen molar-refractivity contribution in [3.05, 3.63) is 16.6 Å². The topological polar surface area (TPSA) is 82.5 Å². The van der Waals surface area contributed by atoms with Crippen molar-refractivity contribution in [2.24, 2.45) is 5.92 Å². The highest BCUT2D eigenvalue weighted by Crippen LogP contribution is 2.09. The van der Waals surface area contributed by atoms with E-state index < -0.39 is 18.0 Å². The van der Waals surface area contributed by atoms with E-state index in [9.17, 15) is 9.59 Å². The van der Waals surface area contributed by atoms with Crippen molar-refractivity contribution in [1.29, 1.82) is 0 Å². The van der Waals surface area contributed by atoms with Gasteiger partial charge in [-0.25, -0.2) is 14.6 Å². The second-order valence-corrected chi connectivity index (χ2v) is 5.21. The van der Waals surface area contributed by atoms with Gasteiger partial charge in [-0.3, -0.25) is 0 Å². The summed E-state index contributed by atoms with van der Waals surface area (Å²) in [6, 6.07) is -1.27. The number of nitrogens with one attached hydrogen (secondary N) is 1. The van der Waals surface area contributed by atoms with Crippen molar-refractivity contribution in [3.8, 4) is 0 Å². The second-order valence-electron chi connectivity index (χ2n) is 4.49. The van der Waals surface area contributed by atoms with Crippen LogP contribution in [0.2, 0.25) is 0 Å². The summed E-state index contributed by atoms with van der Waals surface area (Å²) in [5.41, 5.74) is 2.48. The molecule has 2 atom stereocenters. The largest absolute Gasteiger partial charge is 0.480 e. The van der Waals surface area contributed by atoms with Gasteiger partial charge in [0, 0.05) is 12.4 Å². The molecule has 2 amide bonds. The molecule has 1 rings (SSSR count). The lowest BCUT2D eigenvalue weighted by Crippen LogP contribution is -2.49. The average molecular weight is 285 g/mol. The second kappa shape index (κ2) is 7.08. The Morgan fingerprint density at radius 3 is 2.74 bits per heavy atom. The van der Waals surface area contributed by atoms with Gasteiger partial charge in [-0.2, -0.15) is 0 Å². The van der Waals surface area contributed by atoms with Crippen LogP contribution in [0.5, 0.6) is 0 Å². The fourth-order valence-corrected chi connectivity index (χ4v) is 2.11. The lowest BCUT2D eigenvalue weighted by atomic mass is 9.99. The van der Waals surface area contributed by atoms with Crippen LogP contribution in [0, 0.1) is 5.92 Å². The molecule has 19 heavy (non-hydrogen) atoms. The van der Waals surface area contributed by atoms with Gasteiger partial charge in [0.15, 0.2) is 0 Å². The Bertz CT molecular complexity index is 422. The van der Waals surface area contributed by atoms with Crippen LogP contribution in [-0.4, -0.2) is 40.1 Å². The third-order valence-corrected chi connectivity index (χ3v) is 3.62. The molecule has 0 unspecified atom stereocenters. The summed E-state index contributed by atoms with van der Waals surface area (Å²) < 4.78 is 0. The minimum atomic E-state index is -1.01. The quantitative estimate of drug-likeness (QED) is 0.834. The van der Waals surface area contributed by atoms with E-state index in [1.807, 2.05) is 12.3 Å². The van der Waals surface area contributed by atoms with Gasteiger partial charge in [0.05, 0.1) is 17.7 Å². The van der Waals surface area contributed by atoms with Crippen molar-refractivity contribution in [3.63, 3.8) is 0 Å². The third kappa shape index (κ3) is 4.51. The summed E-state index contributed by atoms with van der Waals surface area (Å²) in [7, 11) is 1.62. The van der Waals surface area contributed by atoms with Crippen LogP contribution >= 0.6 is 11.3 Å². The van der Waals surface area contributed by atoms with E-state index >= 15 is 0 Å². The number of nitrogens with zero attached hydrogens (tertiary/aromatic N) is 2. The van der Waals surface area contributed by atoms with Gasteiger partial charge in [0.25, 0.3) is 0 Å². The maximum atomic E-state index is 11.9. The zero-order chi connectivity index (χ0) is 14.4. The molecule has 0 saturated heterocycles. The number of aromatic nitrogens is 1. The summed E-state index contributed by atoms with van der Waals surface area (Å²) in [6.07, 6.45) is 0.688. The predicted molar refractivity (Wildman–Crippen MR) is 73.0 cm³/mol. The number of carboxylic acid groups (broad SMARTS) is 1. The Morgan fingerprint density at radius 1 is 1.58 bits per heavy atom. The Hall–Kier alpha value is -1.63. The number of thiazole rings is 1. The molecule has 7 heteroatoms. The first-order valence-electron chi connectivity index (χ1n) is 6.07. The minimum absolute atomic E-state index is 0.117. The third-order valence-electron chi connectivity index (χ3n) is 2.99. The zero-order valence-corrected chi connectivity index (χ0v) is 12.1. The molecule has 0 aliphatic heterocycles. The predicted octanol–water partition coefficient (Wildman–Crippen LogP) is 1.78. The highest BCUT2D eigenvalue weighted by molar-refractivity contribution is 7.07. The molecule has 106 valence electrons. The molecule has 1 heterocycles. The SMILES string of the molecule is CC[C@H](C)[C@H](NC(=O)N(C)Cc1cscn1)C(=O)O. The summed E-state index contributed by atoms with van der Waals surface area (Å²) in [4.78, 5) is 28.6. The summed E-state index contributed by atoms with van der Waals surface area (Å²) in [5.74, 6) is -1.13. The van der Waals surface area contributed by atoms with Crippen molar-refractivity contribution in [1.82, 2.24) is 15.2 Å². The molecule has 6 nitrogen and oxygen atoms in total. The average Bonchev–Trinajstić information content (AvgIpc) is 2.86. The van der Waals surface area contributed by atoms with Crippen LogP contribution < -0.4 is 5.32 Å². The Morgan fingerprint density at radius 2 is 2.26 bits per heavy atom. The van der Waals surface area contributed by atoms with Crippen molar-refractivity contribution in [2.45, 2.75) is 32.9 Å².